The lowest BCUT2D eigenvalue weighted by Gasteiger charge is -2.16. The summed E-state index contributed by atoms with van der Waals surface area (Å²) in [5.74, 6) is 0. The van der Waals surface area contributed by atoms with Gasteiger partial charge in [0.05, 0.1) is 12.4 Å². The molecule has 2 atom stereocenters. The average molecular weight is 328 g/mol. The summed E-state index contributed by atoms with van der Waals surface area (Å²) >= 11 is 0. The normalized spacial score (nSPS) is 24.0. The van der Waals surface area contributed by atoms with E-state index >= 15 is 0 Å². The van der Waals surface area contributed by atoms with Crippen molar-refractivity contribution >= 4 is 21.2 Å². The molecule has 0 radical (unpaired) electrons. The van der Waals surface area contributed by atoms with Crippen LogP contribution in [0.15, 0.2) is 55.0 Å². The van der Waals surface area contributed by atoms with E-state index in [1.807, 2.05) is 47.0 Å². The molecule has 0 spiro atoms. The summed E-state index contributed by atoms with van der Waals surface area (Å²) in [6.07, 6.45) is 4.20. The second kappa shape index (κ2) is 4.87. The van der Waals surface area contributed by atoms with Crippen molar-refractivity contribution in [1.29, 1.82) is 0 Å². The molecule has 2 heterocycles. The van der Waals surface area contributed by atoms with Crippen LogP contribution in [0.4, 0.5) is 0 Å². The van der Waals surface area contributed by atoms with Gasteiger partial charge in [0.15, 0.2) is 5.65 Å². The molecule has 3 aromatic rings. The summed E-state index contributed by atoms with van der Waals surface area (Å²) in [5.41, 5.74) is 2.40. The Hall–Kier alpha value is -2.25. The number of primary sulfonamides is 1. The Morgan fingerprint density at radius 1 is 1.17 bits per heavy atom. The highest BCUT2D eigenvalue weighted by atomic mass is 32.2. The Bertz CT molecular complexity index is 968. The summed E-state index contributed by atoms with van der Waals surface area (Å²) in [6, 6.07) is 13.0. The van der Waals surface area contributed by atoms with E-state index in [9.17, 15) is 8.42 Å². The van der Waals surface area contributed by atoms with Crippen LogP contribution in [0.2, 0.25) is 0 Å². The molecule has 7 heteroatoms. The van der Waals surface area contributed by atoms with Gasteiger partial charge in [-0.15, -0.1) is 0 Å². The number of benzene rings is 1. The molecule has 0 bridgehead atoms. The van der Waals surface area contributed by atoms with E-state index in [1.54, 1.807) is 12.5 Å². The van der Waals surface area contributed by atoms with Gasteiger partial charge in [-0.05, 0) is 30.5 Å². The molecule has 6 nitrogen and oxygen atoms in total. The van der Waals surface area contributed by atoms with Gasteiger partial charge < -0.3 is 4.57 Å². The fourth-order valence-electron chi connectivity index (χ4n) is 3.25. The molecule has 1 saturated carbocycles. The number of hydrogen-bond acceptors (Lipinski definition) is 4. The second-order valence-electron chi connectivity index (χ2n) is 5.99. The molecule has 1 fully saturated rings. The summed E-state index contributed by atoms with van der Waals surface area (Å²) in [7, 11) is -3.71. The van der Waals surface area contributed by atoms with E-state index in [0.717, 1.165) is 11.1 Å². The molecule has 1 aliphatic rings. The van der Waals surface area contributed by atoms with Crippen LogP contribution in [0.1, 0.15) is 18.0 Å². The number of nitrogens with zero attached hydrogens (tertiary/aromatic N) is 3. The zero-order valence-corrected chi connectivity index (χ0v) is 13.1. The fraction of sp³-hybridized carbons (Fsp3) is 0.250. The van der Waals surface area contributed by atoms with Crippen LogP contribution in [0.5, 0.6) is 0 Å². The van der Waals surface area contributed by atoms with E-state index in [2.05, 4.69) is 9.97 Å². The van der Waals surface area contributed by atoms with Gasteiger partial charge in [-0.25, -0.2) is 23.5 Å². The number of aromatic nitrogens is 3. The molecule has 4 rings (SSSR count). The summed E-state index contributed by atoms with van der Waals surface area (Å²) < 4.78 is 25.4. The SMILES string of the molecule is NS(=O)(=O)C1(Cc2ccccc2)CC1n1cnc2cccnc21. The quantitative estimate of drug-likeness (QED) is 0.788. The van der Waals surface area contributed by atoms with Crippen LogP contribution in [0.25, 0.3) is 11.2 Å². The molecule has 0 amide bonds. The number of nitrogens with two attached hydrogens (primary N) is 1. The van der Waals surface area contributed by atoms with Crippen LogP contribution in [0, 0.1) is 0 Å². The topological polar surface area (TPSA) is 90.9 Å². The highest BCUT2D eigenvalue weighted by Crippen LogP contribution is 2.55. The van der Waals surface area contributed by atoms with Gasteiger partial charge in [0.1, 0.15) is 10.3 Å². The zero-order chi connectivity index (χ0) is 16.1. The molecular formula is C16H16N4O2S. The van der Waals surface area contributed by atoms with Crippen molar-refractivity contribution < 1.29 is 8.42 Å². The van der Waals surface area contributed by atoms with Crippen molar-refractivity contribution in [1.82, 2.24) is 14.5 Å². The lowest BCUT2D eigenvalue weighted by Crippen LogP contribution is -2.35. The highest BCUT2D eigenvalue weighted by Gasteiger charge is 2.64. The van der Waals surface area contributed by atoms with Gasteiger partial charge in [-0.1, -0.05) is 30.3 Å². The van der Waals surface area contributed by atoms with Gasteiger partial charge in [-0.3, -0.25) is 0 Å². The van der Waals surface area contributed by atoms with Gasteiger partial charge in [0.2, 0.25) is 10.0 Å². The number of hydrogen-bond donors (Lipinski definition) is 1. The van der Waals surface area contributed by atoms with Gasteiger partial charge in [-0.2, -0.15) is 0 Å². The smallest absolute Gasteiger partial charge is 0.217 e. The van der Waals surface area contributed by atoms with E-state index in [0.29, 0.717) is 18.5 Å². The molecule has 1 aromatic carbocycles. The zero-order valence-electron chi connectivity index (χ0n) is 12.3. The predicted molar refractivity (Wildman–Crippen MR) is 87.2 cm³/mol. The van der Waals surface area contributed by atoms with Crippen molar-refractivity contribution in [3.05, 3.63) is 60.6 Å². The first kappa shape index (κ1) is 14.3. The molecule has 2 unspecified atom stereocenters. The van der Waals surface area contributed by atoms with Gasteiger partial charge in [0, 0.05) is 6.20 Å². The van der Waals surface area contributed by atoms with Gasteiger partial charge >= 0.3 is 0 Å². The van der Waals surface area contributed by atoms with Crippen molar-refractivity contribution in [2.75, 3.05) is 0 Å². The monoisotopic (exact) mass is 328 g/mol. The molecule has 2 aromatic heterocycles. The van der Waals surface area contributed by atoms with Crippen LogP contribution in [0.3, 0.4) is 0 Å². The maximum absolute atomic E-state index is 12.3. The van der Waals surface area contributed by atoms with Crippen LogP contribution >= 0.6 is 0 Å². The average Bonchev–Trinajstić information content (AvgIpc) is 3.11. The van der Waals surface area contributed by atoms with E-state index < -0.39 is 14.8 Å². The first-order valence-corrected chi connectivity index (χ1v) is 8.90. The molecule has 0 aliphatic heterocycles. The Labute approximate surface area is 134 Å². The Morgan fingerprint density at radius 2 is 1.96 bits per heavy atom. The maximum Gasteiger partial charge on any atom is 0.217 e. The van der Waals surface area contributed by atoms with E-state index in [4.69, 9.17) is 5.14 Å². The third-order valence-electron chi connectivity index (χ3n) is 4.57. The fourth-order valence-corrected chi connectivity index (χ4v) is 4.50. The lowest BCUT2D eigenvalue weighted by atomic mass is 10.1. The molecule has 118 valence electrons. The lowest BCUT2D eigenvalue weighted by molar-refractivity contribution is 0.562. The predicted octanol–water partition coefficient (Wildman–Crippen LogP) is 1.65. The minimum Gasteiger partial charge on any atom is -0.310 e. The highest BCUT2D eigenvalue weighted by molar-refractivity contribution is 7.90. The maximum atomic E-state index is 12.3. The largest absolute Gasteiger partial charge is 0.310 e. The van der Waals surface area contributed by atoms with Crippen LogP contribution < -0.4 is 5.14 Å². The minimum atomic E-state index is -3.71. The molecule has 23 heavy (non-hydrogen) atoms. The van der Waals surface area contributed by atoms with Gasteiger partial charge in [0.25, 0.3) is 0 Å². The third kappa shape index (κ3) is 2.24. The Morgan fingerprint density at radius 3 is 2.70 bits per heavy atom. The number of pyridine rings is 1. The van der Waals surface area contributed by atoms with Crippen molar-refractivity contribution in [2.45, 2.75) is 23.6 Å². The summed E-state index contributed by atoms with van der Waals surface area (Å²) in [4.78, 5) is 8.62. The molecule has 2 N–H and O–H groups in total. The van der Waals surface area contributed by atoms with Crippen LogP contribution in [-0.4, -0.2) is 27.7 Å². The Balaban J connectivity index is 1.76. The standard InChI is InChI=1S/C16H16N4O2S/c17-23(21,22)16(9-12-5-2-1-3-6-12)10-14(16)20-11-19-13-7-4-8-18-15(13)20/h1-8,11,14H,9-10H2,(H2,17,21,22). The minimum absolute atomic E-state index is 0.238. The first-order chi connectivity index (χ1) is 11.0. The third-order valence-corrected chi connectivity index (χ3v) is 6.28. The molecule has 0 saturated heterocycles. The number of fused-ring (bicyclic) bond motifs is 1. The van der Waals surface area contributed by atoms with Crippen LogP contribution in [-0.2, 0) is 16.4 Å². The first-order valence-electron chi connectivity index (χ1n) is 7.35. The molecular weight excluding hydrogens is 312 g/mol. The Kier molecular flexibility index (Phi) is 3.04. The number of rotatable bonds is 4. The number of imidazole rings is 1. The number of sulfonamides is 1. The van der Waals surface area contributed by atoms with Crippen molar-refractivity contribution in [3.63, 3.8) is 0 Å². The summed E-state index contributed by atoms with van der Waals surface area (Å²) in [6.45, 7) is 0. The second-order valence-corrected chi connectivity index (χ2v) is 7.89. The van der Waals surface area contributed by atoms with E-state index in [1.165, 1.54) is 0 Å². The summed E-state index contributed by atoms with van der Waals surface area (Å²) in [5, 5.41) is 5.58. The van der Waals surface area contributed by atoms with Crippen molar-refractivity contribution in [3.8, 4) is 0 Å². The van der Waals surface area contributed by atoms with E-state index in [-0.39, 0.29) is 6.04 Å². The molecule has 1 aliphatic carbocycles. The van der Waals surface area contributed by atoms with Crippen molar-refractivity contribution in [2.24, 2.45) is 5.14 Å².